The largest absolute Gasteiger partial charge is 0.243 e. The number of hydrogen-bond acceptors (Lipinski definition) is 0. The summed E-state index contributed by atoms with van der Waals surface area (Å²) in [6.07, 6.45) is 16.1. The van der Waals surface area contributed by atoms with Crippen LogP contribution in [0.25, 0.3) is 0 Å². The van der Waals surface area contributed by atoms with E-state index in [0.29, 0.717) is 0 Å². The second-order valence-corrected chi connectivity index (χ2v) is 4.44. The second-order valence-electron chi connectivity index (χ2n) is 4.44. The molecule has 86 valence electrons. The highest BCUT2D eigenvalue weighted by atomic mass is 15.1. The Morgan fingerprint density at radius 3 is 2.27 bits per heavy atom. The number of unbranched alkanes of at least 4 members (excludes halogenated alkanes) is 6. The molecule has 0 unspecified atom stereocenters. The van der Waals surface area contributed by atoms with Crippen LogP contribution in [0.3, 0.4) is 0 Å². The summed E-state index contributed by atoms with van der Waals surface area (Å²) in [6, 6.07) is 0. The highest BCUT2D eigenvalue weighted by molar-refractivity contribution is 4.65. The van der Waals surface area contributed by atoms with Gasteiger partial charge in [0, 0.05) is 0 Å². The van der Waals surface area contributed by atoms with Gasteiger partial charge in [-0.1, -0.05) is 39.0 Å². The molecule has 0 saturated carbocycles. The summed E-state index contributed by atoms with van der Waals surface area (Å²) in [6.45, 7) is 3.45. The van der Waals surface area contributed by atoms with Crippen molar-refractivity contribution in [1.29, 1.82) is 0 Å². The summed E-state index contributed by atoms with van der Waals surface area (Å²) in [4.78, 5) is 0. The van der Waals surface area contributed by atoms with Gasteiger partial charge in [0.2, 0.25) is 6.33 Å². The first-order valence-electron chi connectivity index (χ1n) is 6.34. The Morgan fingerprint density at radius 2 is 1.67 bits per heavy atom. The fourth-order valence-corrected chi connectivity index (χ4v) is 1.89. The monoisotopic (exact) mass is 209 g/mol. The van der Waals surface area contributed by atoms with Crippen LogP contribution in [0.4, 0.5) is 0 Å². The molecule has 0 aliphatic rings. The zero-order valence-electron chi connectivity index (χ0n) is 10.3. The standard InChI is InChI=1S/C13H25N2/c1-3-4-5-6-7-8-9-10-15-12-11-14(2)13-15/h11-13H,3-10H2,1-2H3/q+1. The molecule has 1 rings (SSSR count). The van der Waals surface area contributed by atoms with E-state index in [1.54, 1.807) is 0 Å². The molecule has 0 aliphatic heterocycles. The van der Waals surface area contributed by atoms with Gasteiger partial charge in [-0.3, -0.25) is 0 Å². The Labute approximate surface area is 93.9 Å². The molecule has 0 saturated heterocycles. The minimum absolute atomic E-state index is 1.18. The fraction of sp³-hybridized carbons (Fsp3) is 0.769. The van der Waals surface area contributed by atoms with Crippen LogP contribution in [0.15, 0.2) is 18.7 Å². The Hall–Kier alpha value is -0.790. The van der Waals surface area contributed by atoms with E-state index >= 15 is 0 Å². The molecule has 0 spiro atoms. The molecule has 0 atom stereocenters. The maximum absolute atomic E-state index is 2.27. The first-order valence-corrected chi connectivity index (χ1v) is 6.34. The number of rotatable bonds is 8. The quantitative estimate of drug-likeness (QED) is 0.459. The van der Waals surface area contributed by atoms with E-state index in [1.807, 2.05) is 0 Å². The van der Waals surface area contributed by atoms with Crippen LogP contribution in [0.2, 0.25) is 0 Å². The highest BCUT2D eigenvalue weighted by Crippen LogP contribution is 2.07. The summed E-state index contributed by atoms with van der Waals surface area (Å²) in [7, 11) is 2.07. The van der Waals surface area contributed by atoms with Crippen LogP contribution in [0.1, 0.15) is 51.9 Å². The third-order valence-electron chi connectivity index (χ3n) is 2.84. The van der Waals surface area contributed by atoms with Gasteiger partial charge in [0.1, 0.15) is 12.4 Å². The molecule has 1 heterocycles. The van der Waals surface area contributed by atoms with Crippen LogP contribution in [0, 0.1) is 0 Å². The lowest BCUT2D eigenvalue weighted by atomic mass is 10.1. The fourth-order valence-electron chi connectivity index (χ4n) is 1.89. The Morgan fingerprint density at radius 1 is 1.00 bits per heavy atom. The minimum Gasteiger partial charge on any atom is -0.240 e. The lowest BCUT2D eigenvalue weighted by molar-refractivity contribution is -0.671. The Kier molecular flexibility index (Phi) is 6.14. The number of nitrogens with zero attached hydrogens (tertiary/aromatic N) is 2. The van der Waals surface area contributed by atoms with Gasteiger partial charge in [-0.2, -0.15) is 0 Å². The van der Waals surface area contributed by atoms with Gasteiger partial charge < -0.3 is 0 Å². The van der Waals surface area contributed by atoms with Gasteiger partial charge >= 0.3 is 0 Å². The van der Waals surface area contributed by atoms with E-state index in [1.165, 1.54) is 51.5 Å². The zero-order chi connectivity index (χ0) is 10.9. The van der Waals surface area contributed by atoms with Crippen molar-refractivity contribution in [3.8, 4) is 0 Å². The SMILES string of the molecule is CCCCCCCCCn1cc[n+](C)c1. The van der Waals surface area contributed by atoms with E-state index in [9.17, 15) is 0 Å². The number of hydrogen-bond donors (Lipinski definition) is 0. The van der Waals surface area contributed by atoms with E-state index in [2.05, 4.69) is 41.8 Å². The molecule has 0 N–H and O–H groups in total. The summed E-state index contributed by atoms with van der Waals surface area (Å²) in [5.74, 6) is 0. The van der Waals surface area contributed by atoms with Crippen LogP contribution >= 0.6 is 0 Å². The van der Waals surface area contributed by atoms with Gasteiger partial charge in [-0.15, -0.1) is 0 Å². The molecular weight excluding hydrogens is 184 g/mol. The number of aromatic nitrogens is 2. The van der Waals surface area contributed by atoms with Crippen molar-refractivity contribution in [2.75, 3.05) is 0 Å². The number of imidazole rings is 1. The van der Waals surface area contributed by atoms with Crippen LogP contribution < -0.4 is 4.57 Å². The van der Waals surface area contributed by atoms with Crippen molar-refractivity contribution < 1.29 is 4.57 Å². The average molecular weight is 209 g/mol. The normalized spacial score (nSPS) is 10.8. The van der Waals surface area contributed by atoms with E-state index in [4.69, 9.17) is 0 Å². The van der Waals surface area contributed by atoms with Gasteiger partial charge in [0.15, 0.2) is 0 Å². The molecule has 0 radical (unpaired) electrons. The van der Waals surface area contributed by atoms with Gasteiger partial charge in [0.25, 0.3) is 0 Å². The average Bonchev–Trinajstić information content (AvgIpc) is 2.63. The highest BCUT2D eigenvalue weighted by Gasteiger charge is 1.98. The predicted octanol–water partition coefficient (Wildman–Crippen LogP) is 3.06. The van der Waals surface area contributed by atoms with Crippen molar-refractivity contribution in [3.63, 3.8) is 0 Å². The second kappa shape index (κ2) is 7.49. The first-order chi connectivity index (χ1) is 7.33. The van der Waals surface area contributed by atoms with E-state index in [0.717, 1.165) is 0 Å². The molecule has 1 aromatic heterocycles. The van der Waals surface area contributed by atoms with E-state index < -0.39 is 0 Å². The molecule has 15 heavy (non-hydrogen) atoms. The number of aryl methyl sites for hydroxylation is 2. The molecule has 2 heteroatoms. The molecule has 0 aromatic carbocycles. The predicted molar refractivity (Wildman–Crippen MR) is 63.6 cm³/mol. The van der Waals surface area contributed by atoms with Crippen molar-refractivity contribution >= 4 is 0 Å². The molecular formula is C13H25N2+. The zero-order valence-corrected chi connectivity index (χ0v) is 10.3. The third-order valence-corrected chi connectivity index (χ3v) is 2.84. The van der Waals surface area contributed by atoms with Crippen molar-refractivity contribution in [3.05, 3.63) is 18.7 Å². The lowest BCUT2D eigenvalue weighted by Crippen LogP contribution is -2.23. The topological polar surface area (TPSA) is 8.81 Å². The van der Waals surface area contributed by atoms with Crippen molar-refractivity contribution in [2.24, 2.45) is 7.05 Å². The lowest BCUT2D eigenvalue weighted by Gasteiger charge is -1.99. The minimum atomic E-state index is 1.18. The Bertz CT molecular complexity index is 253. The maximum Gasteiger partial charge on any atom is 0.243 e. The van der Waals surface area contributed by atoms with Gasteiger partial charge in [0.05, 0.1) is 13.6 Å². The summed E-state index contributed by atoms with van der Waals surface area (Å²) < 4.78 is 4.37. The molecule has 0 fully saturated rings. The first kappa shape index (κ1) is 12.3. The van der Waals surface area contributed by atoms with Gasteiger partial charge in [-0.25, -0.2) is 9.13 Å². The molecule has 0 bridgehead atoms. The Balaban J connectivity index is 1.93. The van der Waals surface area contributed by atoms with E-state index in [-0.39, 0.29) is 0 Å². The smallest absolute Gasteiger partial charge is 0.240 e. The van der Waals surface area contributed by atoms with Crippen molar-refractivity contribution in [1.82, 2.24) is 4.57 Å². The molecule has 0 aliphatic carbocycles. The summed E-state index contributed by atoms with van der Waals surface area (Å²) in [5, 5.41) is 0. The van der Waals surface area contributed by atoms with Crippen LogP contribution in [-0.2, 0) is 13.6 Å². The third kappa shape index (κ3) is 5.60. The molecule has 0 amide bonds. The van der Waals surface area contributed by atoms with Crippen LogP contribution in [0.5, 0.6) is 0 Å². The van der Waals surface area contributed by atoms with Gasteiger partial charge in [-0.05, 0) is 12.8 Å². The summed E-state index contributed by atoms with van der Waals surface area (Å²) in [5.41, 5.74) is 0. The maximum atomic E-state index is 2.27. The molecule has 2 nitrogen and oxygen atoms in total. The van der Waals surface area contributed by atoms with Crippen LogP contribution in [-0.4, -0.2) is 4.57 Å². The molecule has 1 aromatic rings. The summed E-state index contributed by atoms with van der Waals surface area (Å²) >= 11 is 0. The van der Waals surface area contributed by atoms with Crippen molar-refractivity contribution in [2.45, 2.75) is 58.4 Å².